The molecule has 5 heavy (non-hydrogen) atoms. The summed E-state index contributed by atoms with van der Waals surface area (Å²) in [7, 11) is 0. The van der Waals surface area contributed by atoms with Crippen molar-refractivity contribution in [3.05, 3.63) is 0 Å². The van der Waals surface area contributed by atoms with Crippen molar-refractivity contribution in [1.82, 2.24) is 0 Å². The van der Waals surface area contributed by atoms with Gasteiger partial charge >= 0.3 is 0 Å². The van der Waals surface area contributed by atoms with Crippen LogP contribution in [0.3, 0.4) is 0 Å². The molecule has 0 aliphatic carbocycles. The zero-order valence-corrected chi connectivity index (χ0v) is 6.59. The minimum atomic E-state index is 0. The third-order valence-corrected chi connectivity index (χ3v) is 48.5. The molecule has 4 aromatic rings. The summed E-state index contributed by atoms with van der Waals surface area (Å²) in [6.07, 6.45) is 4.30. The Bertz CT molecular complexity index is 158. The molecule has 0 aromatic carbocycles. The molecule has 5 heteroatoms. The lowest BCUT2D eigenvalue weighted by Crippen LogP contribution is 0.0447. The Kier molecular flexibility index (Phi) is 0.424. The van der Waals surface area contributed by atoms with Gasteiger partial charge in [0, 0.05) is 25.5 Å². The van der Waals surface area contributed by atoms with E-state index in [2.05, 4.69) is 0 Å². The van der Waals surface area contributed by atoms with Crippen LogP contribution in [0.2, 0.25) is 0 Å². The summed E-state index contributed by atoms with van der Waals surface area (Å²) in [5.41, 5.74) is 0. The molecule has 0 aliphatic heterocycles. The Morgan fingerprint density at radius 3 is 0.800 bits per heavy atom. The maximum absolute atomic E-state index is 1.07. The zero-order chi connectivity index (χ0) is 2.31. The van der Waals surface area contributed by atoms with Crippen molar-refractivity contribution in [2.24, 2.45) is 0 Å². The van der Waals surface area contributed by atoms with E-state index in [0.717, 1.165) is 25.5 Å². The minimum Gasteiger partial charge on any atom is -0.147 e. The van der Waals surface area contributed by atoms with Crippen molar-refractivity contribution in [3.63, 3.8) is 0 Å². The van der Waals surface area contributed by atoms with E-state index in [0.29, 0.717) is 0 Å². The molecule has 4 rings (SSSR count). The zero-order valence-electron chi connectivity index (χ0n) is 2.20. The first kappa shape index (κ1) is 3.49. The van der Waals surface area contributed by atoms with Gasteiger partial charge in [-0.15, -0.1) is 12.4 Å². The summed E-state index contributed by atoms with van der Waals surface area (Å²) in [6.45, 7) is 0. The van der Waals surface area contributed by atoms with Gasteiger partial charge in [-0.05, 0) is 0 Å². The van der Waals surface area contributed by atoms with Gasteiger partial charge in [0.1, 0.15) is 0 Å². The Morgan fingerprint density at radius 2 is 0.800 bits per heavy atom. The standard InChI is InChI=1S/ClH.P4/c;1-2-3(1)4(1)2/h1H;. The molecule has 4 aromatic heterocycles. The number of halogens is 1. The first-order valence-electron chi connectivity index (χ1n) is 1.20. The highest BCUT2D eigenvalue weighted by Crippen LogP contribution is 3.31. The molecule has 0 amide bonds. The third kappa shape index (κ3) is 0.219. The summed E-state index contributed by atoms with van der Waals surface area (Å²) in [4.78, 5) is 0. The van der Waals surface area contributed by atoms with Crippen molar-refractivity contribution in [1.29, 1.82) is 0 Å². The van der Waals surface area contributed by atoms with E-state index in [1.165, 1.54) is 0 Å². The quantitative estimate of drug-likeness (QED) is 0.468. The summed E-state index contributed by atoms with van der Waals surface area (Å²) in [5, 5.41) is 0. The van der Waals surface area contributed by atoms with Crippen LogP contribution in [0, 0.1) is 0 Å². The van der Waals surface area contributed by atoms with Crippen LogP contribution >= 0.6 is 37.9 Å². The van der Waals surface area contributed by atoms with Gasteiger partial charge in [0.25, 0.3) is 0 Å². The van der Waals surface area contributed by atoms with E-state index < -0.39 is 0 Å². The Hall–Kier alpha value is 1.49. The van der Waals surface area contributed by atoms with Crippen molar-refractivity contribution in [2.75, 3.05) is 0 Å². The number of hydrogen-bond acceptors (Lipinski definition) is 0. The SMILES string of the molecule is Cl.p12p3p1p23. The van der Waals surface area contributed by atoms with E-state index in [4.69, 9.17) is 0 Å². The molecule has 0 radical (unpaired) electrons. The summed E-state index contributed by atoms with van der Waals surface area (Å²) >= 11 is 0. The molecule has 0 saturated heterocycles. The number of hydrogen-bond donors (Lipinski definition) is 0. The molecule has 0 atom stereocenters. The predicted octanol–water partition coefficient (Wildman–Crippen LogP) is 3.87. The molecule has 0 fully saturated rings. The van der Waals surface area contributed by atoms with Gasteiger partial charge in [0.15, 0.2) is 0 Å². The highest BCUT2D eigenvalue weighted by Gasteiger charge is 2.45. The molecule has 0 unspecified atom stereocenters. The topological polar surface area (TPSA) is 0 Å². The van der Waals surface area contributed by atoms with E-state index in [9.17, 15) is 0 Å². The van der Waals surface area contributed by atoms with Crippen LogP contribution in [0.25, 0.3) is 0 Å². The van der Waals surface area contributed by atoms with E-state index in [-0.39, 0.29) is 12.4 Å². The average molecular weight is 160 g/mol. The first-order chi connectivity index (χ1) is 2.00. The van der Waals surface area contributed by atoms with Crippen LogP contribution in [0.4, 0.5) is 0 Å². The lowest BCUT2D eigenvalue weighted by atomic mass is 30.2. The fourth-order valence-corrected chi connectivity index (χ4v) is 61.9. The van der Waals surface area contributed by atoms with Crippen LogP contribution < -0.4 is 0 Å². The van der Waals surface area contributed by atoms with Crippen LogP contribution in [0.5, 0.6) is 0 Å². The maximum atomic E-state index is 1.07. The van der Waals surface area contributed by atoms with Crippen LogP contribution in [0.15, 0.2) is 0 Å². The van der Waals surface area contributed by atoms with Gasteiger partial charge in [-0.25, -0.2) is 0 Å². The Labute approximate surface area is 38.4 Å². The first-order valence-corrected chi connectivity index (χ1v) is 10.8. The second-order valence-electron chi connectivity index (χ2n) is 1.07. The molecule has 0 nitrogen and oxygen atoms in total. The second kappa shape index (κ2) is 0.608. The molecule has 0 aliphatic rings. The van der Waals surface area contributed by atoms with E-state index >= 15 is 0 Å². The van der Waals surface area contributed by atoms with Gasteiger partial charge in [-0.1, -0.05) is 0 Å². The van der Waals surface area contributed by atoms with Gasteiger partial charge in [-0.2, -0.15) is 0 Å². The monoisotopic (exact) mass is 160 g/mol. The summed E-state index contributed by atoms with van der Waals surface area (Å²) < 4.78 is 0. The number of rotatable bonds is 0. The van der Waals surface area contributed by atoms with Gasteiger partial charge in [0.2, 0.25) is 0 Å². The molecular formula is HClP4. The van der Waals surface area contributed by atoms with E-state index in [1.807, 2.05) is 0 Å². The molecule has 4 heterocycles. The largest absolute Gasteiger partial charge is 0.147 e. The fourth-order valence-electron chi connectivity index (χ4n) is 0.335. The lowest BCUT2D eigenvalue weighted by molar-refractivity contribution is 5.85. The normalized spacial score (nSPS) is 28.8. The molecule has 0 saturated carbocycles. The van der Waals surface area contributed by atoms with E-state index in [1.54, 1.807) is 0 Å². The van der Waals surface area contributed by atoms with Crippen molar-refractivity contribution < 1.29 is 0 Å². The predicted molar refractivity (Wildman–Crippen MR) is 34.9 cm³/mol. The molecule has 0 spiro atoms. The molecule has 28 valence electrons. The Morgan fingerprint density at radius 1 is 0.600 bits per heavy atom. The second-order valence-corrected chi connectivity index (χ2v) is 29.0. The summed E-state index contributed by atoms with van der Waals surface area (Å²) in [5.74, 6) is 0. The summed E-state index contributed by atoms with van der Waals surface area (Å²) in [6, 6.07) is 0. The highest BCUT2D eigenvalue weighted by atomic mass is 35.5. The van der Waals surface area contributed by atoms with Gasteiger partial charge in [-0.3, -0.25) is 0 Å². The Balaban J connectivity index is 0.000000120. The van der Waals surface area contributed by atoms with Crippen LogP contribution in [0.1, 0.15) is 0 Å². The van der Waals surface area contributed by atoms with Crippen molar-refractivity contribution >= 4 is 37.9 Å². The van der Waals surface area contributed by atoms with Crippen LogP contribution in [-0.2, 0) is 0 Å². The van der Waals surface area contributed by atoms with Crippen molar-refractivity contribution in [2.45, 2.75) is 0 Å². The smallest absolute Gasteiger partial charge is 0 e. The maximum Gasteiger partial charge on any atom is 0 e. The lowest BCUT2D eigenvalue weighted by Gasteiger charge is -0.816. The molecule has 0 bridgehead atoms. The fraction of sp³-hybridized carbons (Fsp3) is 0. The van der Waals surface area contributed by atoms with Gasteiger partial charge in [0.05, 0.1) is 0 Å². The molecular weight excluding hydrogens is 159 g/mol. The molecule has 0 N–H and O–H groups in total. The third-order valence-electron chi connectivity index (χ3n) is 0.838. The average Bonchev–Trinajstić information content (AvgIpc) is 1.71. The minimum absolute atomic E-state index is 0. The van der Waals surface area contributed by atoms with Crippen molar-refractivity contribution in [3.8, 4) is 0 Å². The van der Waals surface area contributed by atoms with Gasteiger partial charge < -0.3 is 0 Å². The highest BCUT2D eigenvalue weighted by molar-refractivity contribution is 9.37. The van der Waals surface area contributed by atoms with Crippen LogP contribution in [-0.4, -0.2) is 0 Å².